The Balaban J connectivity index is 1.86. The van der Waals surface area contributed by atoms with E-state index >= 15 is 0 Å². The number of nitrogens with one attached hydrogen (secondary N) is 1. The summed E-state index contributed by atoms with van der Waals surface area (Å²) in [5.74, 6) is -1.30. The van der Waals surface area contributed by atoms with Gasteiger partial charge >= 0.3 is 5.97 Å². The number of carbonyl (C=O) groups excluding carboxylic acids is 3. The van der Waals surface area contributed by atoms with Gasteiger partial charge in [0.1, 0.15) is 18.1 Å². The smallest absolute Gasteiger partial charge is 0.355 e. The molecule has 2 aliphatic rings. The van der Waals surface area contributed by atoms with Crippen LogP contribution in [0.4, 0.5) is 0 Å². The van der Waals surface area contributed by atoms with Crippen LogP contribution < -0.4 is 5.32 Å². The molecule has 0 fully saturated rings. The van der Waals surface area contributed by atoms with Gasteiger partial charge in [0.25, 0.3) is 5.91 Å². The Kier molecular flexibility index (Phi) is 10.0. The topological polar surface area (TPSA) is 122 Å². The minimum Gasteiger partial charge on any atom is -0.457 e. The van der Waals surface area contributed by atoms with Gasteiger partial charge in [-0.05, 0) is 31.8 Å². The molecule has 2 aliphatic heterocycles. The van der Waals surface area contributed by atoms with E-state index in [9.17, 15) is 19.5 Å². The Morgan fingerprint density at radius 2 is 2.00 bits per heavy atom. The first-order chi connectivity index (χ1) is 18.0. The number of esters is 1. The largest absolute Gasteiger partial charge is 0.457 e. The van der Waals surface area contributed by atoms with E-state index in [0.29, 0.717) is 37.4 Å². The molecule has 3 unspecified atom stereocenters. The molecule has 0 aliphatic carbocycles. The molecule has 0 saturated carbocycles. The quantitative estimate of drug-likeness (QED) is 0.426. The fraction of sp³-hybridized carbons (Fsp3) is 0.448. The maximum absolute atomic E-state index is 13.2. The Morgan fingerprint density at radius 1 is 1.24 bits per heavy atom. The predicted molar refractivity (Wildman–Crippen MR) is 143 cm³/mol. The van der Waals surface area contributed by atoms with Crippen LogP contribution in [-0.2, 0) is 20.7 Å². The van der Waals surface area contributed by atoms with Gasteiger partial charge in [0, 0.05) is 25.4 Å². The molecule has 0 spiro atoms. The highest BCUT2D eigenvalue weighted by molar-refractivity contribution is 6.00. The number of aliphatic hydroxyl groups is 1. The van der Waals surface area contributed by atoms with Crippen LogP contribution >= 0.6 is 0 Å². The van der Waals surface area contributed by atoms with Gasteiger partial charge < -0.3 is 24.5 Å². The SMILES string of the molecule is C=C1Cc2nc(co2)C(=O)N2CCC=C2C(=O)OC(C(C)C)C(C)/C=C/C(=O)NC/C=C/C(C)=C/C(O)C1. The molecule has 3 atom stereocenters. The number of ether oxygens (including phenoxy) is 1. The van der Waals surface area contributed by atoms with E-state index in [0.717, 1.165) is 5.57 Å². The number of hydrogen-bond acceptors (Lipinski definition) is 7. The van der Waals surface area contributed by atoms with Crippen LogP contribution in [0.2, 0.25) is 0 Å². The molecule has 3 rings (SSSR count). The zero-order chi connectivity index (χ0) is 27.8. The number of cyclic esters (lactones) is 1. The third kappa shape index (κ3) is 7.89. The Morgan fingerprint density at radius 3 is 2.74 bits per heavy atom. The van der Waals surface area contributed by atoms with Gasteiger partial charge in [0.05, 0.1) is 6.10 Å². The highest BCUT2D eigenvalue weighted by Crippen LogP contribution is 2.25. The fourth-order valence-corrected chi connectivity index (χ4v) is 4.44. The number of fused-ring (bicyclic) bond motifs is 3. The first-order valence-electron chi connectivity index (χ1n) is 12.9. The van der Waals surface area contributed by atoms with E-state index in [1.54, 1.807) is 24.3 Å². The van der Waals surface area contributed by atoms with E-state index in [1.807, 2.05) is 33.8 Å². The maximum Gasteiger partial charge on any atom is 0.355 e. The van der Waals surface area contributed by atoms with Crippen LogP contribution in [0.5, 0.6) is 0 Å². The van der Waals surface area contributed by atoms with Crippen molar-refractivity contribution in [2.24, 2.45) is 11.8 Å². The van der Waals surface area contributed by atoms with Crippen LogP contribution in [0, 0.1) is 11.8 Å². The summed E-state index contributed by atoms with van der Waals surface area (Å²) in [6.45, 7) is 12.2. The standard InChI is InChI=1S/C29H37N3O6/c1-18(2)27-21(5)10-11-25(34)30-12-6-8-19(3)14-22(33)15-20(4)16-26-31-23(17-37-26)28(35)32-13-7-9-24(32)29(36)38-27/h6,8-11,14,17-18,21-22,27,33H,4,7,12-13,15-16H2,1-3,5H3,(H,30,34)/b8-6+,11-10+,19-14+. The van der Waals surface area contributed by atoms with Gasteiger partial charge in [0.15, 0.2) is 11.6 Å². The fourth-order valence-electron chi connectivity index (χ4n) is 4.44. The van der Waals surface area contributed by atoms with Gasteiger partial charge in [-0.1, -0.05) is 68.9 Å². The van der Waals surface area contributed by atoms with Crippen molar-refractivity contribution < 1.29 is 28.6 Å². The Labute approximate surface area is 223 Å². The minimum absolute atomic E-state index is 0.0264. The average molecular weight is 524 g/mol. The van der Waals surface area contributed by atoms with Crippen LogP contribution in [0.25, 0.3) is 0 Å². The van der Waals surface area contributed by atoms with Gasteiger partial charge in [-0.25, -0.2) is 9.78 Å². The number of rotatable bonds is 1. The van der Waals surface area contributed by atoms with Gasteiger partial charge in [-0.3, -0.25) is 9.59 Å². The summed E-state index contributed by atoms with van der Waals surface area (Å²) in [5.41, 5.74) is 1.76. The molecule has 38 heavy (non-hydrogen) atoms. The first-order valence-corrected chi connectivity index (χ1v) is 12.9. The van der Waals surface area contributed by atoms with E-state index in [4.69, 9.17) is 9.15 Å². The van der Waals surface area contributed by atoms with Gasteiger partial charge in [-0.2, -0.15) is 0 Å². The molecular formula is C29H37N3O6. The van der Waals surface area contributed by atoms with Crippen molar-refractivity contribution in [2.45, 2.75) is 59.2 Å². The van der Waals surface area contributed by atoms with Crippen molar-refractivity contribution in [1.29, 1.82) is 0 Å². The van der Waals surface area contributed by atoms with E-state index in [1.165, 1.54) is 17.2 Å². The molecule has 204 valence electrons. The molecule has 0 radical (unpaired) electrons. The van der Waals surface area contributed by atoms with Crippen molar-refractivity contribution in [1.82, 2.24) is 15.2 Å². The van der Waals surface area contributed by atoms with Crippen molar-refractivity contribution in [3.63, 3.8) is 0 Å². The predicted octanol–water partition coefficient (Wildman–Crippen LogP) is 3.65. The van der Waals surface area contributed by atoms with Crippen LogP contribution in [0.1, 0.15) is 56.9 Å². The summed E-state index contributed by atoms with van der Waals surface area (Å²) in [7, 11) is 0. The molecular weight excluding hydrogens is 486 g/mol. The van der Waals surface area contributed by atoms with E-state index in [2.05, 4.69) is 16.9 Å². The number of amides is 2. The number of oxazole rings is 1. The highest BCUT2D eigenvalue weighted by Gasteiger charge is 2.33. The van der Waals surface area contributed by atoms with Crippen LogP contribution in [0.15, 0.2) is 70.6 Å². The monoisotopic (exact) mass is 523 g/mol. The second kappa shape index (κ2) is 13.2. The third-order valence-corrected chi connectivity index (χ3v) is 6.31. The molecule has 3 heterocycles. The van der Waals surface area contributed by atoms with Crippen molar-refractivity contribution in [3.05, 3.63) is 77.7 Å². The third-order valence-electron chi connectivity index (χ3n) is 6.31. The van der Waals surface area contributed by atoms with Crippen molar-refractivity contribution in [3.8, 4) is 0 Å². The summed E-state index contributed by atoms with van der Waals surface area (Å²) < 4.78 is 11.3. The molecule has 2 N–H and O–H groups in total. The lowest BCUT2D eigenvalue weighted by molar-refractivity contribution is -0.149. The maximum atomic E-state index is 13.2. The summed E-state index contributed by atoms with van der Waals surface area (Å²) in [5, 5.41) is 13.2. The molecule has 9 nitrogen and oxygen atoms in total. The first kappa shape index (κ1) is 28.8. The summed E-state index contributed by atoms with van der Waals surface area (Å²) in [6.07, 6.45) is 11.2. The number of aromatic nitrogens is 1. The summed E-state index contributed by atoms with van der Waals surface area (Å²) in [6, 6.07) is 0. The van der Waals surface area contributed by atoms with E-state index < -0.39 is 24.1 Å². The number of aliphatic hydroxyl groups excluding tert-OH is 1. The molecule has 1 aromatic heterocycles. The minimum atomic E-state index is -0.763. The zero-order valence-corrected chi connectivity index (χ0v) is 22.5. The number of nitrogens with zero attached hydrogens (tertiary/aromatic N) is 2. The zero-order valence-electron chi connectivity index (χ0n) is 22.5. The Bertz CT molecular complexity index is 1170. The molecule has 2 amide bonds. The highest BCUT2D eigenvalue weighted by atomic mass is 16.5. The van der Waals surface area contributed by atoms with Crippen molar-refractivity contribution in [2.75, 3.05) is 13.1 Å². The normalized spacial score (nSPS) is 27.6. The number of allylic oxidation sites excluding steroid dienone is 2. The number of hydrogen-bond donors (Lipinski definition) is 2. The van der Waals surface area contributed by atoms with Gasteiger partial charge in [-0.15, -0.1) is 0 Å². The molecule has 0 aromatic carbocycles. The average Bonchev–Trinajstić information content (AvgIpc) is 3.52. The van der Waals surface area contributed by atoms with Crippen LogP contribution in [-0.4, -0.2) is 58.1 Å². The van der Waals surface area contributed by atoms with Crippen molar-refractivity contribution >= 4 is 17.8 Å². The molecule has 2 bridgehead atoms. The second-order valence-corrected chi connectivity index (χ2v) is 10.0. The van der Waals surface area contributed by atoms with E-state index in [-0.39, 0.29) is 35.6 Å². The summed E-state index contributed by atoms with van der Waals surface area (Å²) >= 11 is 0. The lowest BCUT2D eigenvalue weighted by atomic mass is 9.94. The molecule has 0 saturated heterocycles. The lowest BCUT2D eigenvalue weighted by Gasteiger charge is -2.27. The number of carbonyl (C=O) groups is 3. The Hall–Kier alpha value is -3.72. The second-order valence-electron chi connectivity index (χ2n) is 10.0. The van der Waals surface area contributed by atoms with Crippen LogP contribution in [0.3, 0.4) is 0 Å². The van der Waals surface area contributed by atoms with Gasteiger partial charge in [0.2, 0.25) is 5.91 Å². The summed E-state index contributed by atoms with van der Waals surface area (Å²) in [4.78, 5) is 44.2. The lowest BCUT2D eigenvalue weighted by Crippen LogP contribution is -2.36. The molecule has 1 aromatic rings. The molecule has 9 heteroatoms.